The van der Waals surface area contributed by atoms with Gasteiger partial charge in [-0.25, -0.2) is 8.42 Å². The molecule has 9 heteroatoms. The molecule has 1 N–H and O–H groups in total. The van der Waals surface area contributed by atoms with Crippen LogP contribution in [0.5, 0.6) is 11.5 Å². The second-order valence-corrected chi connectivity index (χ2v) is 9.19. The highest BCUT2D eigenvalue weighted by Gasteiger charge is 2.22. The van der Waals surface area contributed by atoms with Crippen molar-refractivity contribution in [1.82, 2.24) is 5.32 Å². The van der Waals surface area contributed by atoms with Crippen molar-refractivity contribution in [1.29, 1.82) is 0 Å². The maximum Gasteiger partial charge on any atom is 0.240 e. The van der Waals surface area contributed by atoms with E-state index in [1.807, 2.05) is 18.2 Å². The number of carbonyl (C=O) groups excluding carboxylic acids is 1. The number of carbonyl (C=O) groups is 1. The lowest BCUT2D eigenvalue weighted by Crippen LogP contribution is -2.41. The first-order valence-corrected chi connectivity index (χ1v) is 11.6. The van der Waals surface area contributed by atoms with Gasteiger partial charge in [-0.15, -0.1) is 0 Å². The van der Waals surface area contributed by atoms with Gasteiger partial charge in [0.1, 0.15) is 6.54 Å². The van der Waals surface area contributed by atoms with E-state index in [0.29, 0.717) is 40.7 Å². The van der Waals surface area contributed by atoms with E-state index in [9.17, 15) is 13.2 Å². The summed E-state index contributed by atoms with van der Waals surface area (Å²) < 4.78 is 36.1. The zero-order valence-electron chi connectivity index (χ0n) is 17.6. The Labute approximate surface area is 183 Å². The van der Waals surface area contributed by atoms with E-state index >= 15 is 0 Å². The SMILES string of the molecule is COc1ccc(CCCNC(=O)CN(c2cc(Cl)ccc2C)S(C)(=O)=O)cc1OC. The second kappa shape index (κ2) is 10.5. The minimum atomic E-state index is -3.65. The van der Waals surface area contributed by atoms with Gasteiger partial charge in [0.05, 0.1) is 26.2 Å². The molecule has 0 saturated carbocycles. The molecule has 0 saturated heterocycles. The molecule has 0 spiro atoms. The number of anilines is 1. The summed E-state index contributed by atoms with van der Waals surface area (Å²) in [5.41, 5.74) is 2.16. The van der Waals surface area contributed by atoms with Crippen molar-refractivity contribution in [3.05, 3.63) is 52.5 Å². The molecule has 30 heavy (non-hydrogen) atoms. The topological polar surface area (TPSA) is 84.9 Å². The Balaban J connectivity index is 1.94. The van der Waals surface area contributed by atoms with Crippen LogP contribution < -0.4 is 19.1 Å². The van der Waals surface area contributed by atoms with Crippen LogP contribution in [0.25, 0.3) is 0 Å². The van der Waals surface area contributed by atoms with Crippen LogP contribution in [0.4, 0.5) is 5.69 Å². The van der Waals surface area contributed by atoms with Gasteiger partial charge in [-0.3, -0.25) is 9.10 Å². The fraction of sp³-hybridized carbons (Fsp3) is 0.381. The number of ether oxygens (including phenoxy) is 2. The molecule has 0 aliphatic rings. The summed E-state index contributed by atoms with van der Waals surface area (Å²) >= 11 is 6.01. The van der Waals surface area contributed by atoms with Gasteiger partial charge in [-0.05, 0) is 55.2 Å². The van der Waals surface area contributed by atoms with E-state index in [1.54, 1.807) is 39.3 Å². The average molecular weight is 455 g/mol. The van der Waals surface area contributed by atoms with Crippen molar-refractivity contribution < 1.29 is 22.7 Å². The number of nitrogens with zero attached hydrogens (tertiary/aromatic N) is 1. The summed E-state index contributed by atoms with van der Waals surface area (Å²) in [7, 11) is -0.491. The van der Waals surface area contributed by atoms with Crippen LogP contribution in [0.2, 0.25) is 5.02 Å². The van der Waals surface area contributed by atoms with Crippen LogP contribution in [-0.2, 0) is 21.2 Å². The minimum Gasteiger partial charge on any atom is -0.493 e. The summed E-state index contributed by atoms with van der Waals surface area (Å²) in [6, 6.07) is 10.6. The Kier molecular flexibility index (Phi) is 8.37. The van der Waals surface area contributed by atoms with Gasteiger partial charge in [-0.2, -0.15) is 0 Å². The predicted octanol–water partition coefficient (Wildman–Crippen LogP) is 3.18. The summed E-state index contributed by atoms with van der Waals surface area (Å²) in [5.74, 6) is 0.929. The van der Waals surface area contributed by atoms with Gasteiger partial charge in [0.15, 0.2) is 11.5 Å². The number of hydrogen-bond acceptors (Lipinski definition) is 5. The number of nitrogens with one attached hydrogen (secondary N) is 1. The first kappa shape index (κ1) is 23.8. The lowest BCUT2D eigenvalue weighted by atomic mass is 10.1. The Hall–Kier alpha value is -2.45. The smallest absolute Gasteiger partial charge is 0.240 e. The summed E-state index contributed by atoms with van der Waals surface area (Å²) in [5, 5.41) is 3.18. The molecule has 2 rings (SSSR count). The van der Waals surface area contributed by atoms with Gasteiger partial charge in [0.2, 0.25) is 15.9 Å². The van der Waals surface area contributed by atoms with E-state index < -0.39 is 10.0 Å². The minimum absolute atomic E-state index is 0.309. The van der Waals surface area contributed by atoms with E-state index in [0.717, 1.165) is 22.5 Å². The summed E-state index contributed by atoms with van der Waals surface area (Å²) in [4.78, 5) is 12.4. The number of hydrogen-bond donors (Lipinski definition) is 1. The van der Waals surface area contributed by atoms with E-state index in [1.165, 1.54) is 0 Å². The predicted molar refractivity (Wildman–Crippen MR) is 119 cm³/mol. The second-order valence-electron chi connectivity index (χ2n) is 6.84. The Morgan fingerprint density at radius 2 is 1.80 bits per heavy atom. The van der Waals surface area contributed by atoms with E-state index in [-0.39, 0.29) is 12.5 Å². The number of benzene rings is 2. The number of rotatable bonds is 10. The van der Waals surface area contributed by atoms with Crippen molar-refractivity contribution >= 4 is 33.2 Å². The highest BCUT2D eigenvalue weighted by atomic mass is 35.5. The van der Waals surface area contributed by atoms with Crippen molar-refractivity contribution in [2.24, 2.45) is 0 Å². The quantitative estimate of drug-likeness (QED) is 0.557. The molecule has 0 heterocycles. The number of halogens is 1. The molecule has 0 radical (unpaired) electrons. The molecule has 0 atom stereocenters. The maximum absolute atomic E-state index is 12.4. The highest BCUT2D eigenvalue weighted by molar-refractivity contribution is 7.92. The number of methoxy groups -OCH3 is 2. The molecule has 0 aliphatic carbocycles. The van der Waals surface area contributed by atoms with Crippen molar-refractivity contribution in [3.8, 4) is 11.5 Å². The van der Waals surface area contributed by atoms with Crippen LogP contribution in [0.15, 0.2) is 36.4 Å². The van der Waals surface area contributed by atoms with Crippen LogP contribution in [0.3, 0.4) is 0 Å². The van der Waals surface area contributed by atoms with Gasteiger partial charge in [0.25, 0.3) is 0 Å². The van der Waals surface area contributed by atoms with Gasteiger partial charge >= 0.3 is 0 Å². The Bertz CT molecular complexity index is 995. The molecule has 2 aromatic carbocycles. The Morgan fingerprint density at radius 1 is 1.10 bits per heavy atom. The van der Waals surface area contributed by atoms with Crippen molar-refractivity contribution in [2.45, 2.75) is 19.8 Å². The molecular weight excluding hydrogens is 428 g/mol. The molecule has 0 unspecified atom stereocenters. The monoisotopic (exact) mass is 454 g/mol. The third kappa shape index (κ3) is 6.53. The first-order chi connectivity index (χ1) is 14.2. The molecule has 0 bridgehead atoms. The van der Waals surface area contributed by atoms with E-state index in [4.69, 9.17) is 21.1 Å². The molecule has 0 fully saturated rings. The number of aryl methyl sites for hydroxylation is 2. The average Bonchev–Trinajstić information content (AvgIpc) is 2.70. The third-order valence-electron chi connectivity index (χ3n) is 4.54. The van der Waals surface area contributed by atoms with Gasteiger partial charge in [-0.1, -0.05) is 23.7 Å². The van der Waals surface area contributed by atoms with Crippen LogP contribution in [0.1, 0.15) is 17.5 Å². The number of sulfonamides is 1. The molecule has 164 valence electrons. The third-order valence-corrected chi connectivity index (χ3v) is 5.90. The summed E-state index contributed by atoms with van der Waals surface area (Å²) in [6.07, 6.45) is 2.48. The molecule has 2 aromatic rings. The lowest BCUT2D eigenvalue weighted by Gasteiger charge is -2.23. The molecule has 7 nitrogen and oxygen atoms in total. The highest BCUT2D eigenvalue weighted by Crippen LogP contribution is 2.28. The zero-order chi connectivity index (χ0) is 22.3. The normalized spacial score (nSPS) is 11.1. The fourth-order valence-corrected chi connectivity index (χ4v) is 4.05. The molecule has 1 amide bonds. The summed E-state index contributed by atoms with van der Waals surface area (Å²) in [6.45, 7) is 1.88. The first-order valence-electron chi connectivity index (χ1n) is 9.37. The molecule has 0 aliphatic heterocycles. The van der Waals surface area contributed by atoms with Crippen molar-refractivity contribution in [2.75, 3.05) is 37.9 Å². The number of amides is 1. The maximum atomic E-state index is 12.4. The standard InChI is InChI=1S/C21H27ClN2O5S/c1-15-7-9-17(22)13-18(15)24(30(4,26)27)14-21(25)23-11-5-6-16-8-10-19(28-2)20(12-16)29-3/h7-10,12-13H,5-6,11,14H2,1-4H3,(H,23,25). The van der Waals surface area contributed by atoms with Gasteiger partial charge < -0.3 is 14.8 Å². The lowest BCUT2D eigenvalue weighted by molar-refractivity contribution is -0.119. The van der Waals surface area contributed by atoms with Crippen LogP contribution in [0, 0.1) is 6.92 Å². The van der Waals surface area contributed by atoms with Gasteiger partial charge in [0, 0.05) is 11.6 Å². The van der Waals surface area contributed by atoms with E-state index in [2.05, 4.69) is 5.32 Å². The van der Waals surface area contributed by atoms with Crippen LogP contribution >= 0.6 is 11.6 Å². The van der Waals surface area contributed by atoms with Crippen molar-refractivity contribution in [3.63, 3.8) is 0 Å². The molecular formula is C21H27ClN2O5S. The fourth-order valence-electron chi connectivity index (χ4n) is 2.98. The van der Waals surface area contributed by atoms with Crippen LogP contribution in [-0.4, -0.2) is 47.9 Å². The zero-order valence-corrected chi connectivity index (χ0v) is 19.1. The Morgan fingerprint density at radius 3 is 2.43 bits per heavy atom. The largest absolute Gasteiger partial charge is 0.493 e. The molecule has 0 aromatic heterocycles.